The highest BCUT2D eigenvalue weighted by Gasteiger charge is 2.31. The van der Waals surface area contributed by atoms with Crippen molar-refractivity contribution < 1.29 is 14.3 Å². The smallest absolute Gasteiger partial charge is 0.234 e. The number of anilines is 2. The SMILES string of the molecule is CCN(CC)c1ccc(NC(=O)C(C)(C)c2ccc3c(c2)OCCO3)cc1. The van der Waals surface area contributed by atoms with Crippen molar-refractivity contribution in [1.82, 2.24) is 0 Å². The van der Waals surface area contributed by atoms with Gasteiger partial charge in [0.1, 0.15) is 13.2 Å². The Kier molecular flexibility index (Phi) is 5.59. The highest BCUT2D eigenvalue weighted by atomic mass is 16.6. The van der Waals surface area contributed by atoms with Gasteiger partial charge in [-0.2, -0.15) is 0 Å². The van der Waals surface area contributed by atoms with Crippen molar-refractivity contribution in [2.24, 2.45) is 0 Å². The molecule has 0 saturated carbocycles. The monoisotopic (exact) mass is 368 g/mol. The van der Waals surface area contributed by atoms with Crippen LogP contribution in [0.4, 0.5) is 11.4 Å². The predicted molar refractivity (Wildman–Crippen MR) is 109 cm³/mol. The Morgan fingerprint density at radius 3 is 2.26 bits per heavy atom. The molecule has 2 aromatic rings. The van der Waals surface area contributed by atoms with Crippen molar-refractivity contribution in [3.8, 4) is 11.5 Å². The van der Waals surface area contributed by atoms with Gasteiger partial charge < -0.3 is 19.7 Å². The number of hydrogen-bond donors (Lipinski definition) is 1. The third-order valence-electron chi connectivity index (χ3n) is 5.09. The van der Waals surface area contributed by atoms with Crippen LogP contribution in [0.1, 0.15) is 33.3 Å². The summed E-state index contributed by atoms with van der Waals surface area (Å²) >= 11 is 0. The zero-order chi connectivity index (χ0) is 19.4. The maximum Gasteiger partial charge on any atom is 0.234 e. The largest absolute Gasteiger partial charge is 0.486 e. The van der Waals surface area contributed by atoms with E-state index in [1.807, 2.05) is 56.3 Å². The Balaban J connectivity index is 1.74. The molecule has 0 bridgehead atoms. The topological polar surface area (TPSA) is 50.8 Å². The number of fused-ring (bicyclic) bond motifs is 1. The van der Waals surface area contributed by atoms with E-state index in [1.165, 1.54) is 0 Å². The number of ether oxygens (including phenoxy) is 2. The molecule has 0 saturated heterocycles. The quantitative estimate of drug-likeness (QED) is 0.829. The van der Waals surface area contributed by atoms with Gasteiger partial charge in [-0.05, 0) is 69.7 Å². The molecule has 0 radical (unpaired) electrons. The summed E-state index contributed by atoms with van der Waals surface area (Å²) in [4.78, 5) is 15.2. The van der Waals surface area contributed by atoms with Crippen molar-refractivity contribution in [2.45, 2.75) is 33.1 Å². The van der Waals surface area contributed by atoms with E-state index >= 15 is 0 Å². The second kappa shape index (κ2) is 7.91. The summed E-state index contributed by atoms with van der Waals surface area (Å²) in [5, 5.41) is 3.03. The Morgan fingerprint density at radius 2 is 1.63 bits per heavy atom. The minimum atomic E-state index is -0.701. The van der Waals surface area contributed by atoms with Crippen molar-refractivity contribution in [2.75, 3.05) is 36.5 Å². The molecule has 0 fully saturated rings. The zero-order valence-electron chi connectivity index (χ0n) is 16.5. The van der Waals surface area contributed by atoms with E-state index < -0.39 is 5.41 Å². The van der Waals surface area contributed by atoms with Crippen LogP contribution < -0.4 is 19.7 Å². The third kappa shape index (κ3) is 4.02. The van der Waals surface area contributed by atoms with Gasteiger partial charge >= 0.3 is 0 Å². The number of carbonyl (C=O) groups excluding carboxylic acids is 1. The standard InChI is InChI=1S/C22H28N2O3/c1-5-24(6-2)18-10-8-17(9-11-18)23-21(25)22(3,4)16-7-12-19-20(15-16)27-14-13-26-19/h7-12,15H,5-6,13-14H2,1-4H3,(H,23,25). The van der Waals surface area contributed by atoms with Crippen molar-refractivity contribution in [3.63, 3.8) is 0 Å². The van der Waals surface area contributed by atoms with E-state index in [0.29, 0.717) is 19.0 Å². The lowest BCUT2D eigenvalue weighted by atomic mass is 9.83. The second-order valence-electron chi connectivity index (χ2n) is 7.16. The maximum atomic E-state index is 12.9. The van der Waals surface area contributed by atoms with Gasteiger partial charge in [0.2, 0.25) is 5.91 Å². The van der Waals surface area contributed by atoms with Crippen LogP contribution >= 0.6 is 0 Å². The highest BCUT2D eigenvalue weighted by molar-refractivity contribution is 5.98. The number of nitrogens with one attached hydrogen (secondary N) is 1. The average molecular weight is 368 g/mol. The first-order chi connectivity index (χ1) is 13.0. The van der Waals surface area contributed by atoms with Gasteiger partial charge in [0.05, 0.1) is 5.41 Å². The molecular weight excluding hydrogens is 340 g/mol. The number of amides is 1. The normalized spacial score (nSPS) is 13.2. The molecule has 1 amide bonds. The molecule has 3 rings (SSSR count). The lowest BCUT2D eigenvalue weighted by Gasteiger charge is -2.27. The first-order valence-corrected chi connectivity index (χ1v) is 9.52. The van der Waals surface area contributed by atoms with Gasteiger partial charge in [-0.15, -0.1) is 0 Å². The summed E-state index contributed by atoms with van der Waals surface area (Å²) in [5.74, 6) is 1.37. The summed E-state index contributed by atoms with van der Waals surface area (Å²) in [6, 6.07) is 13.7. The number of nitrogens with zero attached hydrogens (tertiary/aromatic N) is 1. The van der Waals surface area contributed by atoms with Crippen LogP contribution in [0, 0.1) is 0 Å². The van der Waals surface area contributed by atoms with Crippen LogP contribution in [0.5, 0.6) is 11.5 Å². The van der Waals surface area contributed by atoms with E-state index in [2.05, 4.69) is 24.1 Å². The molecule has 2 aromatic carbocycles. The molecule has 5 heteroatoms. The first-order valence-electron chi connectivity index (χ1n) is 9.52. The van der Waals surface area contributed by atoms with Gasteiger partial charge in [-0.3, -0.25) is 4.79 Å². The molecule has 5 nitrogen and oxygen atoms in total. The number of benzene rings is 2. The summed E-state index contributed by atoms with van der Waals surface area (Å²) in [5.41, 5.74) is 2.14. The van der Waals surface area contributed by atoms with E-state index in [1.54, 1.807) is 0 Å². The van der Waals surface area contributed by atoms with Crippen LogP contribution in [-0.4, -0.2) is 32.2 Å². The molecule has 27 heavy (non-hydrogen) atoms. The lowest BCUT2D eigenvalue weighted by molar-refractivity contribution is -0.120. The van der Waals surface area contributed by atoms with Gasteiger partial charge in [-0.1, -0.05) is 6.07 Å². The van der Waals surface area contributed by atoms with E-state index in [-0.39, 0.29) is 5.91 Å². The predicted octanol–water partition coefficient (Wildman–Crippen LogP) is 4.22. The van der Waals surface area contributed by atoms with Gasteiger partial charge in [0, 0.05) is 24.5 Å². The van der Waals surface area contributed by atoms with Gasteiger partial charge in [-0.25, -0.2) is 0 Å². The minimum Gasteiger partial charge on any atom is -0.486 e. The third-order valence-corrected chi connectivity index (χ3v) is 5.09. The molecule has 1 aliphatic rings. The molecule has 0 spiro atoms. The summed E-state index contributed by atoms with van der Waals surface area (Å²) < 4.78 is 11.2. The fourth-order valence-corrected chi connectivity index (χ4v) is 3.19. The van der Waals surface area contributed by atoms with Gasteiger partial charge in [0.25, 0.3) is 0 Å². The van der Waals surface area contributed by atoms with Gasteiger partial charge in [0.15, 0.2) is 11.5 Å². The first kappa shape index (κ1) is 19.1. The van der Waals surface area contributed by atoms with Crippen molar-refractivity contribution in [1.29, 1.82) is 0 Å². The average Bonchev–Trinajstić information content (AvgIpc) is 2.69. The maximum absolute atomic E-state index is 12.9. The van der Waals surface area contributed by atoms with Crippen LogP contribution in [0.15, 0.2) is 42.5 Å². The summed E-state index contributed by atoms with van der Waals surface area (Å²) in [6.07, 6.45) is 0. The Labute approximate surface area is 161 Å². The fraction of sp³-hybridized carbons (Fsp3) is 0.409. The van der Waals surface area contributed by atoms with Crippen LogP contribution in [-0.2, 0) is 10.2 Å². The molecule has 0 atom stereocenters. The Hall–Kier alpha value is -2.69. The molecule has 0 aromatic heterocycles. The molecule has 0 unspecified atom stereocenters. The molecule has 144 valence electrons. The van der Waals surface area contributed by atoms with E-state index in [0.717, 1.165) is 35.8 Å². The molecule has 1 heterocycles. The zero-order valence-corrected chi connectivity index (χ0v) is 16.5. The number of rotatable bonds is 6. The van der Waals surface area contributed by atoms with E-state index in [4.69, 9.17) is 9.47 Å². The fourth-order valence-electron chi connectivity index (χ4n) is 3.19. The van der Waals surface area contributed by atoms with Crippen molar-refractivity contribution >= 4 is 17.3 Å². The second-order valence-corrected chi connectivity index (χ2v) is 7.16. The number of hydrogen-bond acceptors (Lipinski definition) is 4. The Morgan fingerprint density at radius 1 is 1.00 bits per heavy atom. The van der Waals surface area contributed by atoms with E-state index in [9.17, 15) is 4.79 Å². The summed E-state index contributed by atoms with van der Waals surface area (Å²) in [6.45, 7) is 11.1. The molecule has 0 aliphatic carbocycles. The van der Waals surface area contributed by atoms with Crippen molar-refractivity contribution in [3.05, 3.63) is 48.0 Å². The number of carbonyl (C=O) groups is 1. The van der Waals surface area contributed by atoms with Crippen LogP contribution in [0.2, 0.25) is 0 Å². The van der Waals surface area contributed by atoms with Crippen LogP contribution in [0.3, 0.4) is 0 Å². The summed E-state index contributed by atoms with van der Waals surface area (Å²) in [7, 11) is 0. The lowest BCUT2D eigenvalue weighted by Crippen LogP contribution is -2.35. The molecular formula is C22H28N2O3. The highest BCUT2D eigenvalue weighted by Crippen LogP contribution is 2.35. The molecule has 1 aliphatic heterocycles. The van der Waals surface area contributed by atoms with Crippen LogP contribution in [0.25, 0.3) is 0 Å². The molecule has 1 N–H and O–H groups in total. The Bertz CT molecular complexity index is 796. The minimum absolute atomic E-state index is 0.0604.